The molecule has 0 saturated carbocycles. The second kappa shape index (κ2) is 12.9. The number of hydrogen-bond acceptors (Lipinski definition) is 6. The molecule has 0 unspecified atom stereocenters. The molecule has 6 rings (SSSR count). The number of pyridine rings is 1. The molecule has 7 nitrogen and oxygen atoms in total. The number of amides is 1. The fraction of sp³-hybridized carbons (Fsp3) is 0.250. The Labute approximate surface area is 258 Å². The Morgan fingerprint density at radius 2 is 1.40 bits per heavy atom. The van der Waals surface area contributed by atoms with Crippen LogP contribution in [0, 0.1) is 11.8 Å². The van der Waals surface area contributed by atoms with Crippen LogP contribution in [0.3, 0.4) is 0 Å². The minimum absolute atomic E-state index is 0.0889. The SMILES string of the molecule is O=C(Nc1ccc(O[C@H]2CCN(Cl)C2)c(-c2ccc(F)cc2)c1)c1ccc(O[C@H]2CCN(Cl)C2)c(-c2ccc(F)nc2)c1. The normalized spacial score (nSPS) is 19.0. The zero-order valence-electron chi connectivity index (χ0n) is 23.0. The van der Waals surface area contributed by atoms with Crippen molar-refractivity contribution in [3.63, 3.8) is 0 Å². The molecule has 1 N–H and O–H groups in total. The van der Waals surface area contributed by atoms with E-state index in [0.717, 1.165) is 24.9 Å². The topological polar surface area (TPSA) is 66.9 Å². The number of nitrogens with zero attached hydrogens (tertiary/aromatic N) is 3. The van der Waals surface area contributed by atoms with Crippen LogP contribution in [0.25, 0.3) is 22.3 Å². The van der Waals surface area contributed by atoms with Gasteiger partial charge in [0.15, 0.2) is 0 Å². The lowest BCUT2D eigenvalue weighted by Gasteiger charge is -2.19. The molecule has 1 amide bonds. The Morgan fingerprint density at radius 3 is 1.98 bits per heavy atom. The van der Waals surface area contributed by atoms with Crippen molar-refractivity contribution in [2.45, 2.75) is 25.0 Å². The first-order valence-corrected chi connectivity index (χ1v) is 14.6. The van der Waals surface area contributed by atoms with Crippen LogP contribution < -0.4 is 14.8 Å². The van der Waals surface area contributed by atoms with Gasteiger partial charge >= 0.3 is 0 Å². The first-order valence-electron chi connectivity index (χ1n) is 13.9. The van der Waals surface area contributed by atoms with Crippen LogP contribution >= 0.6 is 23.6 Å². The lowest BCUT2D eigenvalue weighted by atomic mass is 10.0. The first kappa shape index (κ1) is 29.3. The van der Waals surface area contributed by atoms with E-state index in [0.29, 0.717) is 59.1 Å². The highest BCUT2D eigenvalue weighted by molar-refractivity contribution is 6.13. The summed E-state index contributed by atoms with van der Waals surface area (Å²) in [5, 5.41) is 2.96. The number of ether oxygens (including phenoxy) is 2. The van der Waals surface area contributed by atoms with E-state index < -0.39 is 5.95 Å². The summed E-state index contributed by atoms with van der Waals surface area (Å²) < 4.78 is 43.1. The Morgan fingerprint density at radius 1 is 0.791 bits per heavy atom. The standard InChI is InChI=1S/C32H28Cl2F2N4O3/c33-39-13-11-25(18-39)42-29-8-3-21(15-27(29)22-4-10-31(36)37-17-22)32(41)38-24-7-9-30(43-26-12-14-40(34)19-26)28(16-24)20-1-5-23(35)6-2-20/h1-10,15-17,25-26H,11-14,18-19H2,(H,38,41)/t25-,26-/m0/s1. The molecule has 43 heavy (non-hydrogen) atoms. The van der Waals surface area contributed by atoms with Crippen LogP contribution in [-0.2, 0) is 0 Å². The van der Waals surface area contributed by atoms with E-state index in [4.69, 9.17) is 33.0 Å². The van der Waals surface area contributed by atoms with E-state index in [1.54, 1.807) is 63.4 Å². The highest BCUT2D eigenvalue weighted by Crippen LogP contribution is 2.36. The smallest absolute Gasteiger partial charge is 0.255 e. The third kappa shape index (κ3) is 7.08. The van der Waals surface area contributed by atoms with Crippen molar-refractivity contribution in [2.24, 2.45) is 0 Å². The molecule has 222 valence electrons. The summed E-state index contributed by atoms with van der Waals surface area (Å²) in [6.45, 7) is 2.57. The second-order valence-corrected chi connectivity index (χ2v) is 11.5. The Bertz CT molecular complexity index is 1610. The summed E-state index contributed by atoms with van der Waals surface area (Å²) >= 11 is 12.3. The van der Waals surface area contributed by atoms with Crippen LogP contribution in [0.1, 0.15) is 23.2 Å². The Balaban J connectivity index is 1.28. The van der Waals surface area contributed by atoms with Gasteiger partial charge in [0.25, 0.3) is 5.91 Å². The number of benzene rings is 3. The van der Waals surface area contributed by atoms with Crippen LogP contribution in [0.5, 0.6) is 11.5 Å². The van der Waals surface area contributed by atoms with Crippen molar-refractivity contribution in [1.82, 2.24) is 13.8 Å². The molecule has 0 aliphatic carbocycles. The first-order chi connectivity index (χ1) is 20.8. The van der Waals surface area contributed by atoms with E-state index in [9.17, 15) is 13.6 Å². The Hall–Kier alpha value is -3.76. The molecule has 2 atom stereocenters. The minimum Gasteiger partial charge on any atom is -0.488 e. The van der Waals surface area contributed by atoms with Crippen molar-refractivity contribution in [2.75, 3.05) is 31.5 Å². The minimum atomic E-state index is -0.606. The summed E-state index contributed by atoms with van der Waals surface area (Å²) in [6, 6.07) is 19.4. The van der Waals surface area contributed by atoms with E-state index in [2.05, 4.69) is 10.3 Å². The van der Waals surface area contributed by atoms with Crippen molar-refractivity contribution < 1.29 is 23.0 Å². The summed E-state index contributed by atoms with van der Waals surface area (Å²) in [4.78, 5) is 17.3. The molecule has 0 bridgehead atoms. The zero-order valence-corrected chi connectivity index (χ0v) is 24.5. The maximum Gasteiger partial charge on any atom is 0.255 e. The second-order valence-electron chi connectivity index (χ2n) is 10.5. The predicted molar refractivity (Wildman–Crippen MR) is 162 cm³/mol. The van der Waals surface area contributed by atoms with Crippen molar-refractivity contribution in [1.29, 1.82) is 0 Å². The van der Waals surface area contributed by atoms with Crippen LogP contribution in [0.4, 0.5) is 14.5 Å². The van der Waals surface area contributed by atoms with Gasteiger partial charge in [-0.25, -0.2) is 18.2 Å². The largest absolute Gasteiger partial charge is 0.488 e. The third-order valence-corrected chi connectivity index (χ3v) is 8.07. The molecule has 2 aliphatic heterocycles. The lowest BCUT2D eigenvalue weighted by Crippen LogP contribution is -2.20. The van der Waals surface area contributed by atoms with Crippen LogP contribution in [0.15, 0.2) is 79.0 Å². The van der Waals surface area contributed by atoms with Gasteiger partial charge in [0.05, 0.1) is 13.1 Å². The fourth-order valence-electron chi connectivity index (χ4n) is 5.23. The molecule has 1 aromatic heterocycles. The molecule has 3 heterocycles. The van der Waals surface area contributed by atoms with Gasteiger partial charge in [0.2, 0.25) is 5.95 Å². The molecule has 2 aliphatic rings. The molecular weight excluding hydrogens is 597 g/mol. The molecule has 0 radical (unpaired) electrons. The van der Waals surface area contributed by atoms with Gasteiger partial charge in [-0.3, -0.25) is 4.79 Å². The quantitative estimate of drug-likeness (QED) is 0.166. The number of anilines is 1. The number of hydrogen-bond donors (Lipinski definition) is 1. The van der Waals surface area contributed by atoms with E-state index in [-0.39, 0.29) is 23.9 Å². The third-order valence-electron chi connectivity index (χ3n) is 7.45. The van der Waals surface area contributed by atoms with Crippen LogP contribution in [-0.4, -0.2) is 58.1 Å². The van der Waals surface area contributed by atoms with Gasteiger partial charge in [-0.05, 0) is 103 Å². The zero-order chi connectivity index (χ0) is 29.9. The summed E-state index contributed by atoms with van der Waals surface area (Å²) in [6.07, 6.45) is 2.74. The van der Waals surface area contributed by atoms with Gasteiger partial charge in [0, 0.05) is 47.2 Å². The average molecular weight is 626 g/mol. The summed E-state index contributed by atoms with van der Waals surface area (Å²) in [5.41, 5.74) is 3.55. The van der Waals surface area contributed by atoms with E-state index in [1.165, 1.54) is 24.4 Å². The number of halogens is 4. The molecule has 11 heteroatoms. The van der Waals surface area contributed by atoms with Gasteiger partial charge in [0.1, 0.15) is 29.5 Å². The number of aromatic nitrogens is 1. The average Bonchev–Trinajstić information content (AvgIpc) is 3.61. The van der Waals surface area contributed by atoms with Crippen molar-refractivity contribution in [3.05, 3.63) is 96.3 Å². The predicted octanol–water partition coefficient (Wildman–Crippen LogP) is 7.16. The van der Waals surface area contributed by atoms with Crippen molar-refractivity contribution in [3.8, 4) is 33.8 Å². The van der Waals surface area contributed by atoms with Crippen LogP contribution in [0.2, 0.25) is 0 Å². The number of nitrogens with one attached hydrogen (secondary N) is 1. The molecule has 3 aromatic carbocycles. The molecule has 4 aromatic rings. The summed E-state index contributed by atoms with van der Waals surface area (Å²) in [7, 11) is 0. The number of carbonyl (C=O) groups is 1. The monoisotopic (exact) mass is 624 g/mol. The van der Waals surface area contributed by atoms with Crippen molar-refractivity contribution >= 4 is 35.1 Å². The lowest BCUT2D eigenvalue weighted by molar-refractivity contribution is 0.102. The molecule has 2 fully saturated rings. The maximum atomic E-state index is 13.7. The summed E-state index contributed by atoms with van der Waals surface area (Å²) in [5.74, 6) is -0.160. The molecule has 0 spiro atoms. The van der Waals surface area contributed by atoms with Gasteiger partial charge in [-0.2, -0.15) is 4.39 Å². The molecule has 2 saturated heterocycles. The number of carbonyl (C=O) groups excluding carboxylic acids is 1. The maximum absolute atomic E-state index is 13.7. The van der Waals surface area contributed by atoms with E-state index >= 15 is 0 Å². The molecular formula is C32H28Cl2F2N4O3. The Kier molecular flexibility index (Phi) is 8.76. The van der Waals surface area contributed by atoms with Gasteiger partial charge in [-0.15, -0.1) is 0 Å². The van der Waals surface area contributed by atoms with Gasteiger partial charge < -0.3 is 14.8 Å². The van der Waals surface area contributed by atoms with E-state index in [1.807, 2.05) is 0 Å². The highest BCUT2D eigenvalue weighted by atomic mass is 35.5. The highest BCUT2D eigenvalue weighted by Gasteiger charge is 2.25. The fourth-order valence-corrected chi connectivity index (χ4v) is 5.73. The van der Waals surface area contributed by atoms with Gasteiger partial charge in [-0.1, -0.05) is 12.1 Å². The number of rotatable bonds is 8.